The molecule has 0 radical (unpaired) electrons. The second-order valence-corrected chi connectivity index (χ2v) is 6.37. The highest BCUT2D eigenvalue weighted by atomic mass is 35.5. The summed E-state index contributed by atoms with van der Waals surface area (Å²) in [5, 5.41) is 7.41. The summed E-state index contributed by atoms with van der Waals surface area (Å²) in [6, 6.07) is 19.7. The average molecular weight is 349 g/mol. The van der Waals surface area contributed by atoms with Crippen molar-refractivity contribution in [2.24, 2.45) is 10.8 Å². The Labute approximate surface area is 151 Å². The molecule has 2 heterocycles. The normalized spacial score (nSPS) is 16.3. The van der Waals surface area contributed by atoms with Crippen LogP contribution >= 0.6 is 11.6 Å². The second kappa shape index (κ2) is 6.67. The fourth-order valence-electron chi connectivity index (χ4n) is 3.03. The van der Waals surface area contributed by atoms with E-state index < -0.39 is 0 Å². The minimum absolute atomic E-state index is 0.335. The number of hydrogen-bond acceptors (Lipinski definition) is 4. The van der Waals surface area contributed by atoms with E-state index in [1.54, 1.807) is 12.4 Å². The third kappa shape index (κ3) is 3.14. The van der Waals surface area contributed by atoms with Gasteiger partial charge < -0.3 is 5.73 Å². The van der Waals surface area contributed by atoms with Crippen LogP contribution in [0.2, 0.25) is 5.02 Å². The van der Waals surface area contributed by atoms with Crippen LogP contribution in [0.4, 0.5) is 5.69 Å². The van der Waals surface area contributed by atoms with Crippen molar-refractivity contribution in [1.29, 1.82) is 0 Å². The Hall–Kier alpha value is -2.69. The predicted molar refractivity (Wildman–Crippen MR) is 102 cm³/mol. The zero-order chi connectivity index (χ0) is 17.2. The lowest BCUT2D eigenvalue weighted by atomic mass is 9.95. The Kier molecular flexibility index (Phi) is 4.22. The van der Waals surface area contributed by atoms with Crippen molar-refractivity contribution in [2.75, 3.05) is 5.01 Å². The molecule has 0 aliphatic carbocycles. The van der Waals surface area contributed by atoms with E-state index in [-0.39, 0.29) is 6.17 Å². The maximum atomic E-state index is 6.49. The van der Waals surface area contributed by atoms with Gasteiger partial charge in [0.05, 0.1) is 11.4 Å². The van der Waals surface area contributed by atoms with Gasteiger partial charge in [-0.3, -0.25) is 4.98 Å². The molecule has 1 unspecified atom stereocenters. The number of fused-ring (bicyclic) bond motifs is 1. The van der Waals surface area contributed by atoms with Crippen LogP contribution in [-0.2, 0) is 6.42 Å². The van der Waals surface area contributed by atoms with Gasteiger partial charge in [0, 0.05) is 29.4 Å². The molecule has 124 valence electrons. The molecule has 25 heavy (non-hydrogen) atoms. The van der Waals surface area contributed by atoms with Gasteiger partial charge in [0.1, 0.15) is 6.17 Å². The number of hydrogen-bond donors (Lipinski definition) is 1. The third-order valence-corrected chi connectivity index (χ3v) is 4.55. The number of pyridine rings is 1. The summed E-state index contributed by atoms with van der Waals surface area (Å²) in [4.78, 5) is 4.08. The molecule has 4 nitrogen and oxygen atoms in total. The molecule has 2 N–H and O–H groups in total. The van der Waals surface area contributed by atoms with Crippen LogP contribution in [0, 0.1) is 0 Å². The zero-order valence-corrected chi connectivity index (χ0v) is 14.3. The van der Waals surface area contributed by atoms with Crippen LogP contribution in [0.25, 0.3) is 0 Å². The Morgan fingerprint density at radius 1 is 0.960 bits per heavy atom. The molecule has 1 aliphatic rings. The molecule has 5 heteroatoms. The molecule has 0 spiro atoms. The summed E-state index contributed by atoms with van der Waals surface area (Å²) < 4.78 is 0. The molecule has 0 saturated heterocycles. The summed E-state index contributed by atoms with van der Waals surface area (Å²) in [5.41, 5.74) is 11.7. The maximum Gasteiger partial charge on any atom is 0.126 e. The molecule has 1 atom stereocenters. The van der Waals surface area contributed by atoms with Crippen molar-refractivity contribution >= 4 is 23.0 Å². The SMILES string of the molecule is NC1c2ccccc2C(Cc2ccncc2)=NN1c1ccc(Cl)cc1. The molecule has 4 rings (SSSR count). The topological polar surface area (TPSA) is 54.5 Å². The maximum absolute atomic E-state index is 6.49. The largest absolute Gasteiger partial charge is 0.306 e. The van der Waals surface area contributed by atoms with E-state index in [1.165, 1.54) is 0 Å². The predicted octanol–water partition coefficient (Wildman–Crippen LogP) is 4.16. The lowest BCUT2D eigenvalue weighted by Crippen LogP contribution is -2.36. The number of aromatic nitrogens is 1. The van der Waals surface area contributed by atoms with Crippen molar-refractivity contribution in [1.82, 2.24) is 4.98 Å². The summed E-state index contributed by atoms with van der Waals surface area (Å²) >= 11 is 6.01. The number of anilines is 1. The number of rotatable bonds is 3. The van der Waals surface area contributed by atoms with Gasteiger partial charge in [-0.25, -0.2) is 5.01 Å². The van der Waals surface area contributed by atoms with Gasteiger partial charge in [0.2, 0.25) is 0 Å². The summed E-state index contributed by atoms with van der Waals surface area (Å²) in [6.07, 6.45) is 3.98. The number of nitrogens with zero attached hydrogens (tertiary/aromatic N) is 3. The van der Waals surface area contributed by atoms with E-state index in [4.69, 9.17) is 22.4 Å². The molecule has 1 aromatic heterocycles. The van der Waals surface area contributed by atoms with Crippen LogP contribution in [0.5, 0.6) is 0 Å². The molecule has 1 aliphatic heterocycles. The fraction of sp³-hybridized carbons (Fsp3) is 0.100. The number of halogens is 1. The van der Waals surface area contributed by atoms with Gasteiger partial charge >= 0.3 is 0 Å². The first-order valence-corrected chi connectivity index (χ1v) is 8.46. The number of benzene rings is 2. The number of nitrogens with two attached hydrogens (primary N) is 1. The highest BCUT2D eigenvalue weighted by molar-refractivity contribution is 6.30. The minimum atomic E-state index is -0.335. The molecule has 3 aromatic rings. The zero-order valence-electron chi connectivity index (χ0n) is 13.5. The molecule has 0 amide bonds. The molecule has 2 aromatic carbocycles. The van der Waals surface area contributed by atoms with Crippen molar-refractivity contribution < 1.29 is 0 Å². The van der Waals surface area contributed by atoms with Crippen LogP contribution in [-0.4, -0.2) is 10.7 Å². The fourth-order valence-corrected chi connectivity index (χ4v) is 3.16. The molecular formula is C20H17ClN4. The first kappa shape index (κ1) is 15.8. The summed E-state index contributed by atoms with van der Waals surface area (Å²) in [7, 11) is 0. The van der Waals surface area contributed by atoms with Crippen molar-refractivity contribution in [3.8, 4) is 0 Å². The standard InChI is InChI=1S/C20H17ClN4/c21-15-5-7-16(8-6-15)25-20(22)18-4-2-1-3-17(18)19(24-25)13-14-9-11-23-12-10-14/h1-12,20H,13,22H2. The van der Waals surface area contributed by atoms with Crippen LogP contribution in [0.3, 0.4) is 0 Å². The molecule has 0 fully saturated rings. The first-order valence-electron chi connectivity index (χ1n) is 8.08. The van der Waals surface area contributed by atoms with Gasteiger partial charge in [-0.15, -0.1) is 0 Å². The van der Waals surface area contributed by atoms with Crippen molar-refractivity contribution in [3.05, 3.63) is 94.8 Å². The Morgan fingerprint density at radius 3 is 2.44 bits per heavy atom. The molecule has 0 bridgehead atoms. The smallest absolute Gasteiger partial charge is 0.126 e. The third-order valence-electron chi connectivity index (χ3n) is 4.29. The average Bonchev–Trinajstić information content (AvgIpc) is 2.66. The second-order valence-electron chi connectivity index (χ2n) is 5.93. The minimum Gasteiger partial charge on any atom is -0.306 e. The van der Waals surface area contributed by atoms with Crippen molar-refractivity contribution in [2.45, 2.75) is 12.6 Å². The highest BCUT2D eigenvalue weighted by Gasteiger charge is 2.26. The van der Waals surface area contributed by atoms with E-state index in [2.05, 4.69) is 17.1 Å². The first-order chi connectivity index (χ1) is 12.2. The van der Waals surface area contributed by atoms with Gasteiger partial charge in [-0.05, 0) is 47.5 Å². The lowest BCUT2D eigenvalue weighted by molar-refractivity contribution is 0.655. The van der Waals surface area contributed by atoms with Crippen LogP contribution in [0.15, 0.2) is 78.2 Å². The quantitative estimate of drug-likeness (QED) is 0.773. The highest BCUT2D eigenvalue weighted by Crippen LogP contribution is 2.32. The Bertz CT molecular complexity index is 906. The van der Waals surface area contributed by atoms with Crippen LogP contribution < -0.4 is 10.7 Å². The monoisotopic (exact) mass is 348 g/mol. The Balaban J connectivity index is 1.78. The van der Waals surface area contributed by atoms with E-state index >= 15 is 0 Å². The summed E-state index contributed by atoms with van der Waals surface area (Å²) in [5.74, 6) is 0. The van der Waals surface area contributed by atoms with Gasteiger partial charge in [-0.1, -0.05) is 35.9 Å². The van der Waals surface area contributed by atoms with E-state index in [0.717, 1.165) is 34.5 Å². The van der Waals surface area contributed by atoms with Gasteiger partial charge in [0.25, 0.3) is 0 Å². The molecular weight excluding hydrogens is 332 g/mol. The Morgan fingerprint density at radius 2 is 1.68 bits per heavy atom. The molecule has 0 saturated carbocycles. The van der Waals surface area contributed by atoms with Crippen LogP contribution in [0.1, 0.15) is 22.9 Å². The number of hydrazone groups is 1. The van der Waals surface area contributed by atoms with E-state index in [1.807, 2.05) is 53.5 Å². The van der Waals surface area contributed by atoms with Crippen molar-refractivity contribution in [3.63, 3.8) is 0 Å². The summed E-state index contributed by atoms with van der Waals surface area (Å²) in [6.45, 7) is 0. The lowest BCUT2D eigenvalue weighted by Gasteiger charge is -2.33. The van der Waals surface area contributed by atoms with Gasteiger partial charge in [0.15, 0.2) is 0 Å². The van der Waals surface area contributed by atoms with Gasteiger partial charge in [-0.2, -0.15) is 5.10 Å². The van der Waals surface area contributed by atoms with E-state index in [9.17, 15) is 0 Å². The van der Waals surface area contributed by atoms with E-state index in [0.29, 0.717) is 5.02 Å².